The molecule has 0 amide bonds. The summed E-state index contributed by atoms with van der Waals surface area (Å²) in [5.74, 6) is 0.662. The summed E-state index contributed by atoms with van der Waals surface area (Å²) in [6, 6.07) is 5.22. The minimum atomic E-state index is -3.46. The molecule has 1 fully saturated rings. The standard InChI is InChI=1S/C14H22N2O3S/c1-11-9-13(19-2)6-7-14(11)20(17,18)16-10-12-5-3-4-8-15-12/h6-7,9,12,15-16H,3-5,8,10H2,1-2H3/t12-/m0/s1. The van der Waals surface area contributed by atoms with Crippen molar-refractivity contribution < 1.29 is 13.2 Å². The molecule has 2 N–H and O–H groups in total. The topological polar surface area (TPSA) is 67.4 Å². The molecule has 5 nitrogen and oxygen atoms in total. The molecular formula is C14H22N2O3S. The fraction of sp³-hybridized carbons (Fsp3) is 0.571. The van der Waals surface area contributed by atoms with Crippen molar-refractivity contribution in [3.8, 4) is 5.75 Å². The second kappa shape index (κ2) is 6.56. The molecule has 0 bridgehead atoms. The van der Waals surface area contributed by atoms with Crippen molar-refractivity contribution >= 4 is 10.0 Å². The highest BCUT2D eigenvalue weighted by atomic mass is 32.2. The largest absolute Gasteiger partial charge is 0.497 e. The van der Waals surface area contributed by atoms with Crippen LogP contribution in [0, 0.1) is 6.92 Å². The molecule has 0 unspecified atom stereocenters. The summed E-state index contributed by atoms with van der Waals surface area (Å²) in [5.41, 5.74) is 0.688. The zero-order valence-electron chi connectivity index (χ0n) is 12.0. The predicted molar refractivity (Wildman–Crippen MR) is 78.6 cm³/mol. The number of piperidine rings is 1. The zero-order valence-corrected chi connectivity index (χ0v) is 12.8. The van der Waals surface area contributed by atoms with Crippen LogP contribution in [-0.2, 0) is 10.0 Å². The summed E-state index contributed by atoms with van der Waals surface area (Å²) in [5, 5.41) is 3.33. The Morgan fingerprint density at radius 1 is 1.40 bits per heavy atom. The summed E-state index contributed by atoms with van der Waals surface area (Å²) in [6.45, 7) is 3.18. The Morgan fingerprint density at radius 3 is 2.80 bits per heavy atom. The average molecular weight is 298 g/mol. The molecule has 1 aromatic rings. The number of hydrogen-bond donors (Lipinski definition) is 2. The zero-order chi connectivity index (χ0) is 14.6. The lowest BCUT2D eigenvalue weighted by atomic mass is 10.1. The molecule has 1 saturated heterocycles. The summed E-state index contributed by atoms with van der Waals surface area (Å²) in [7, 11) is -1.90. The maximum atomic E-state index is 12.3. The fourth-order valence-electron chi connectivity index (χ4n) is 2.44. The first-order valence-electron chi connectivity index (χ1n) is 6.90. The smallest absolute Gasteiger partial charge is 0.240 e. The van der Waals surface area contributed by atoms with Crippen LogP contribution in [0.25, 0.3) is 0 Å². The van der Waals surface area contributed by atoms with Gasteiger partial charge in [-0.3, -0.25) is 0 Å². The molecule has 1 atom stereocenters. The molecule has 6 heteroatoms. The van der Waals surface area contributed by atoms with Crippen molar-refractivity contribution in [1.82, 2.24) is 10.0 Å². The van der Waals surface area contributed by atoms with Gasteiger partial charge in [-0.2, -0.15) is 0 Å². The first-order valence-corrected chi connectivity index (χ1v) is 8.39. The van der Waals surface area contributed by atoms with Gasteiger partial charge >= 0.3 is 0 Å². The summed E-state index contributed by atoms with van der Waals surface area (Å²) >= 11 is 0. The van der Waals surface area contributed by atoms with Crippen molar-refractivity contribution in [2.45, 2.75) is 37.1 Å². The lowest BCUT2D eigenvalue weighted by Gasteiger charge is -2.23. The lowest BCUT2D eigenvalue weighted by Crippen LogP contribution is -2.43. The van der Waals surface area contributed by atoms with Gasteiger partial charge in [0.2, 0.25) is 10.0 Å². The van der Waals surface area contributed by atoms with E-state index in [-0.39, 0.29) is 6.04 Å². The van der Waals surface area contributed by atoms with Crippen LogP contribution >= 0.6 is 0 Å². The van der Waals surface area contributed by atoms with Crippen molar-refractivity contribution in [2.75, 3.05) is 20.2 Å². The van der Waals surface area contributed by atoms with Crippen molar-refractivity contribution in [2.24, 2.45) is 0 Å². The number of methoxy groups -OCH3 is 1. The van der Waals surface area contributed by atoms with E-state index in [0.717, 1.165) is 19.4 Å². The average Bonchev–Trinajstić information content (AvgIpc) is 2.46. The maximum absolute atomic E-state index is 12.3. The van der Waals surface area contributed by atoms with Gasteiger partial charge in [0, 0.05) is 12.6 Å². The molecule has 1 aromatic carbocycles. The Hall–Kier alpha value is -1.11. The van der Waals surface area contributed by atoms with Gasteiger partial charge < -0.3 is 10.1 Å². The van der Waals surface area contributed by atoms with Crippen LogP contribution in [0.2, 0.25) is 0 Å². The third-order valence-electron chi connectivity index (χ3n) is 3.60. The van der Waals surface area contributed by atoms with Crippen LogP contribution < -0.4 is 14.8 Å². The van der Waals surface area contributed by atoms with Crippen LogP contribution in [0.3, 0.4) is 0 Å². The number of hydrogen-bond acceptors (Lipinski definition) is 4. The molecular weight excluding hydrogens is 276 g/mol. The molecule has 1 heterocycles. The number of rotatable bonds is 5. The third kappa shape index (κ3) is 3.71. The van der Waals surface area contributed by atoms with Crippen LogP contribution in [0.5, 0.6) is 5.75 Å². The SMILES string of the molecule is COc1ccc(S(=O)(=O)NC[C@@H]2CCCCN2)c(C)c1. The van der Waals surface area contributed by atoms with E-state index in [0.29, 0.717) is 22.8 Å². The van der Waals surface area contributed by atoms with E-state index in [9.17, 15) is 8.42 Å². The van der Waals surface area contributed by atoms with Crippen molar-refractivity contribution in [1.29, 1.82) is 0 Å². The Kier molecular flexibility index (Phi) is 5.01. The van der Waals surface area contributed by atoms with Crippen molar-refractivity contribution in [3.63, 3.8) is 0 Å². The number of nitrogens with one attached hydrogen (secondary N) is 2. The normalized spacial score (nSPS) is 19.8. The third-order valence-corrected chi connectivity index (χ3v) is 5.19. The lowest BCUT2D eigenvalue weighted by molar-refractivity contribution is 0.398. The predicted octanol–water partition coefficient (Wildman–Crippen LogP) is 1.42. The monoisotopic (exact) mass is 298 g/mol. The summed E-state index contributed by atoms with van der Waals surface area (Å²) in [6.07, 6.45) is 3.34. The minimum Gasteiger partial charge on any atom is -0.497 e. The molecule has 0 saturated carbocycles. The quantitative estimate of drug-likeness (QED) is 0.863. The highest BCUT2D eigenvalue weighted by molar-refractivity contribution is 7.89. The highest BCUT2D eigenvalue weighted by Gasteiger charge is 2.20. The van der Waals surface area contributed by atoms with Gasteiger partial charge in [0.15, 0.2) is 0 Å². The first kappa shape index (κ1) is 15.3. The second-order valence-corrected chi connectivity index (χ2v) is 6.87. The Bertz CT molecular complexity index is 552. The maximum Gasteiger partial charge on any atom is 0.240 e. The summed E-state index contributed by atoms with van der Waals surface area (Å²) in [4.78, 5) is 0.314. The molecule has 112 valence electrons. The molecule has 0 radical (unpaired) electrons. The van der Waals surface area contributed by atoms with E-state index < -0.39 is 10.0 Å². The van der Waals surface area contributed by atoms with Crippen LogP contribution in [0.15, 0.2) is 23.1 Å². The first-order chi connectivity index (χ1) is 9.53. The van der Waals surface area contributed by atoms with Gasteiger partial charge in [-0.1, -0.05) is 6.42 Å². The Balaban J connectivity index is 2.05. The van der Waals surface area contributed by atoms with Gasteiger partial charge in [-0.15, -0.1) is 0 Å². The van der Waals surface area contributed by atoms with Crippen LogP contribution in [0.4, 0.5) is 0 Å². The number of benzene rings is 1. The molecule has 0 aliphatic carbocycles. The van der Waals surface area contributed by atoms with Crippen LogP contribution in [-0.4, -0.2) is 34.7 Å². The summed E-state index contributed by atoms with van der Waals surface area (Å²) < 4.78 is 32.4. The van der Waals surface area contributed by atoms with E-state index in [1.165, 1.54) is 6.42 Å². The van der Waals surface area contributed by atoms with Crippen molar-refractivity contribution in [3.05, 3.63) is 23.8 Å². The van der Waals surface area contributed by atoms with Gasteiger partial charge in [-0.05, 0) is 50.1 Å². The van der Waals surface area contributed by atoms with E-state index in [1.807, 2.05) is 0 Å². The number of ether oxygens (including phenoxy) is 1. The van der Waals surface area contributed by atoms with Gasteiger partial charge in [0.05, 0.1) is 12.0 Å². The Labute approximate surface area is 120 Å². The molecule has 1 aliphatic rings. The van der Waals surface area contributed by atoms with Gasteiger partial charge in [0.1, 0.15) is 5.75 Å². The minimum absolute atomic E-state index is 0.233. The van der Waals surface area contributed by atoms with E-state index in [4.69, 9.17) is 4.74 Å². The molecule has 0 spiro atoms. The molecule has 0 aromatic heterocycles. The van der Waals surface area contributed by atoms with E-state index in [2.05, 4.69) is 10.0 Å². The second-order valence-electron chi connectivity index (χ2n) is 5.13. The highest BCUT2D eigenvalue weighted by Crippen LogP contribution is 2.20. The van der Waals surface area contributed by atoms with E-state index in [1.54, 1.807) is 32.2 Å². The van der Waals surface area contributed by atoms with Crippen LogP contribution in [0.1, 0.15) is 24.8 Å². The number of sulfonamides is 1. The molecule has 20 heavy (non-hydrogen) atoms. The Morgan fingerprint density at radius 2 is 2.20 bits per heavy atom. The van der Waals surface area contributed by atoms with Gasteiger partial charge in [0.25, 0.3) is 0 Å². The fourth-order valence-corrected chi connectivity index (χ4v) is 3.74. The van der Waals surface area contributed by atoms with Gasteiger partial charge in [-0.25, -0.2) is 13.1 Å². The number of aryl methyl sites for hydroxylation is 1. The molecule has 1 aliphatic heterocycles. The molecule has 2 rings (SSSR count). The van der Waals surface area contributed by atoms with E-state index >= 15 is 0 Å².